The summed E-state index contributed by atoms with van der Waals surface area (Å²) in [4.78, 5) is 20.0. The Labute approximate surface area is 165 Å². The number of imidazole rings is 1. The van der Waals surface area contributed by atoms with Gasteiger partial charge in [-0.3, -0.25) is 4.79 Å². The van der Waals surface area contributed by atoms with Crippen LogP contribution in [0.5, 0.6) is 11.5 Å². The minimum Gasteiger partial charge on any atom is -0.508 e. The fourth-order valence-corrected chi connectivity index (χ4v) is 3.02. The number of hydrogen-bond acceptors (Lipinski definition) is 6. The number of benzene rings is 2. The molecule has 2 heterocycles. The summed E-state index contributed by atoms with van der Waals surface area (Å²) >= 11 is 0. The van der Waals surface area contributed by atoms with Gasteiger partial charge in [0.2, 0.25) is 11.2 Å². The lowest BCUT2D eigenvalue weighted by Crippen LogP contribution is -2.04. The van der Waals surface area contributed by atoms with Gasteiger partial charge in [0.25, 0.3) is 0 Å². The van der Waals surface area contributed by atoms with Crippen LogP contribution < -0.4 is 5.43 Å². The van der Waals surface area contributed by atoms with Gasteiger partial charge in [-0.2, -0.15) is 0 Å². The van der Waals surface area contributed by atoms with Gasteiger partial charge >= 0.3 is 0 Å². The first kappa shape index (κ1) is 18.5. The van der Waals surface area contributed by atoms with Crippen molar-refractivity contribution in [3.05, 3.63) is 76.6 Å². The van der Waals surface area contributed by atoms with Crippen LogP contribution in [0, 0.1) is 0 Å². The van der Waals surface area contributed by atoms with Crippen molar-refractivity contribution in [2.24, 2.45) is 0 Å². The molecule has 2 aromatic carbocycles. The standard InChI is InChI=1S/C22H18N2O5/c1-28-12-16-11-17(26)20(27)21(29-16)19-18(13-5-3-2-4-6-13)23-22(24-19)14-7-9-15(25)10-8-14/h2-11,25,27H,12H2,1H3,(H,23,24). The minimum atomic E-state index is -0.571. The van der Waals surface area contributed by atoms with Crippen molar-refractivity contribution in [1.82, 2.24) is 9.97 Å². The quantitative estimate of drug-likeness (QED) is 0.477. The lowest BCUT2D eigenvalue weighted by molar-refractivity contribution is 0.162. The van der Waals surface area contributed by atoms with Crippen molar-refractivity contribution < 1.29 is 19.4 Å². The molecule has 0 atom stereocenters. The van der Waals surface area contributed by atoms with Crippen LogP contribution in [0.1, 0.15) is 5.76 Å². The highest BCUT2D eigenvalue weighted by molar-refractivity contribution is 5.81. The number of aromatic nitrogens is 2. The van der Waals surface area contributed by atoms with E-state index in [1.54, 1.807) is 24.3 Å². The smallest absolute Gasteiger partial charge is 0.227 e. The van der Waals surface area contributed by atoms with Gasteiger partial charge in [0.1, 0.15) is 35.3 Å². The first-order valence-electron chi connectivity index (χ1n) is 8.87. The van der Waals surface area contributed by atoms with Crippen LogP contribution in [0.4, 0.5) is 0 Å². The maximum Gasteiger partial charge on any atom is 0.227 e. The Morgan fingerprint density at radius 2 is 1.76 bits per heavy atom. The third-order valence-electron chi connectivity index (χ3n) is 4.38. The van der Waals surface area contributed by atoms with Gasteiger partial charge in [0.05, 0.1) is 0 Å². The van der Waals surface area contributed by atoms with Crippen molar-refractivity contribution in [1.29, 1.82) is 0 Å². The maximum absolute atomic E-state index is 12.2. The van der Waals surface area contributed by atoms with Crippen molar-refractivity contribution in [3.63, 3.8) is 0 Å². The second kappa shape index (κ2) is 7.65. The van der Waals surface area contributed by atoms with Crippen LogP contribution in [0.15, 0.2) is 69.9 Å². The molecule has 0 aliphatic carbocycles. The van der Waals surface area contributed by atoms with Crippen LogP contribution in [0.3, 0.4) is 0 Å². The topological polar surface area (TPSA) is 109 Å². The average molecular weight is 390 g/mol. The summed E-state index contributed by atoms with van der Waals surface area (Å²) < 4.78 is 10.8. The van der Waals surface area contributed by atoms with E-state index < -0.39 is 11.2 Å². The van der Waals surface area contributed by atoms with Gasteiger partial charge in [-0.15, -0.1) is 0 Å². The number of ether oxygens (including phenoxy) is 1. The van der Waals surface area contributed by atoms with Crippen LogP contribution in [-0.2, 0) is 11.3 Å². The second-order valence-corrected chi connectivity index (χ2v) is 6.41. The predicted octanol–water partition coefficient (Wildman–Crippen LogP) is 3.92. The zero-order valence-electron chi connectivity index (χ0n) is 15.5. The molecule has 7 nitrogen and oxygen atoms in total. The molecule has 0 amide bonds. The molecule has 29 heavy (non-hydrogen) atoms. The van der Waals surface area contributed by atoms with Gasteiger partial charge in [-0.1, -0.05) is 30.3 Å². The van der Waals surface area contributed by atoms with Crippen LogP contribution >= 0.6 is 0 Å². The Morgan fingerprint density at radius 3 is 2.45 bits per heavy atom. The summed E-state index contributed by atoms with van der Waals surface area (Å²) in [5, 5.41) is 19.9. The predicted molar refractivity (Wildman–Crippen MR) is 107 cm³/mol. The fourth-order valence-electron chi connectivity index (χ4n) is 3.02. The molecule has 3 N–H and O–H groups in total. The van der Waals surface area contributed by atoms with Gasteiger partial charge in [0, 0.05) is 24.3 Å². The highest BCUT2D eigenvalue weighted by Gasteiger charge is 2.22. The first-order valence-corrected chi connectivity index (χ1v) is 8.87. The molecule has 0 saturated heterocycles. The molecule has 0 bridgehead atoms. The Kier molecular flexibility index (Phi) is 4.88. The number of hydrogen-bond donors (Lipinski definition) is 3. The average Bonchev–Trinajstić information content (AvgIpc) is 3.17. The van der Waals surface area contributed by atoms with E-state index in [4.69, 9.17) is 9.15 Å². The summed E-state index contributed by atoms with van der Waals surface area (Å²) in [5.74, 6) is 0.395. The van der Waals surface area contributed by atoms with E-state index in [2.05, 4.69) is 9.97 Å². The van der Waals surface area contributed by atoms with E-state index in [1.807, 2.05) is 30.3 Å². The van der Waals surface area contributed by atoms with E-state index in [1.165, 1.54) is 13.2 Å². The van der Waals surface area contributed by atoms with Gasteiger partial charge in [-0.05, 0) is 24.3 Å². The molecule has 0 fully saturated rings. The third-order valence-corrected chi connectivity index (χ3v) is 4.38. The molecule has 0 aliphatic heterocycles. The molecule has 0 unspecified atom stereocenters. The van der Waals surface area contributed by atoms with Gasteiger partial charge in [0.15, 0.2) is 5.76 Å². The Bertz CT molecular complexity index is 1190. The lowest BCUT2D eigenvalue weighted by atomic mass is 10.1. The van der Waals surface area contributed by atoms with Gasteiger partial charge < -0.3 is 24.4 Å². The number of phenols is 1. The van der Waals surface area contributed by atoms with E-state index in [0.717, 1.165) is 11.1 Å². The van der Waals surface area contributed by atoms with Crippen LogP contribution in [-0.4, -0.2) is 27.3 Å². The third kappa shape index (κ3) is 3.63. The highest BCUT2D eigenvalue weighted by Crippen LogP contribution is 2.36. The van der Waals surface area contributed by atoms with E-state index >= 15 is 0 Å². The van der Waals surface area contributed by atoms with E-state index in [9.17, 15) is 15.0 Å². The number of methoxy groups -OCH3 is 1. The number of nitrogens with one attached hydrogen (secondary N) is 1. The minimum absolute atomic E-state index is 0.0130. The van der Waals surface area contributed by atoms with Crippen molar-refractivity contribution in [2.75, 3.05) is 7.11 Å². The molecule has 0 radical (unpaired) electrons. The summed E-state index contributed by atoms with van der Waals surface area (Å²) in [5.41, 5.74) is 1.82. The zero-order chi connectivity index (χ0) is 20.4. The Hall–Kier alpha value is -3.84. The Balaban J connectivity index is 1.95. The summed E-state index contributed by atoms with van der Waals surface area (Å²) in [7, 11) is 1.49. The van der Waals surface area contributed by atoms with Crippen LogP contribution in [0.25, 0.3) is 34.1 Å². The summed E-state index contributed by atoms with van der Waals surface area (Å²) in [6, 6.07) is 17.1. The molecule has 4 rings (SSSR count). The summed E-state index contributed by atoms with van der Waals surface area (Å²) in [6.45, 7) is 0.0855. The zero-order valence-corrected chi connectivity index (χ0v) is 15.5. The van der Waals surface area contributed by atoms with E-state index in [0.29, 0.717) is 17.2 Å². The van der Waals surface area contributed by atoms with Gasteiger partial charge in [-0.25, -0.2) is 4.98 Å². The number of phenolic OH excluding ortho intramolecular Hbond substituents is 1. The maximum atomic E-state index is 12.2. The number of aromatic hydroxyl groups is 2. The normalized spacial score (nSPS) is 10.9. The molecular formula is C22H18N2O5. The molecule has 146 valence electrons. The van der Waals surface area contributed by atoms with Crippen molar-refractivity contribution >= 4 is 0 Å². The first-order chi connectivity index (χ1) is 14.1. The monoisotopic (exact) mass is 390 g/mol. The molecule has 4 aromatic rings. The fraction of sp³-hybridized carbons (Fsp3) is 0.0909. The number of aromatic amines is 1. The lowest BCUT2D eigenvalue weighted by Gasteiger charge is -2.07. The molecule has 0 aliphatic rings. The Morgan fingerprint density at radius 1 is 1.03 bits per heavy atom. The molecule has 2 aromatic heterocycles. The highest BCUT2D eigenvalue weighted by atomic mass is 16.5. The number of H-pyrrole nitrogens is 1. The largest absolute Gasteiger partial charge is 0.508 e. The molecule has 7 heteroatoms. The number of nitrogens with zero attached hydrogens (tertiary/aromatic N) is 1. The second-order valence-electron chi connectivity index (χ2n) is 6.41. The molecule has 0 spiro atoms. The number of rotatable bonds is 5. The van der Waals surface area contributed by atoms with Crippen molar-refractivity contribution in [3.8, 4) is 45.6 Å². The molecular weight excluding hydrogens is 372 g/mol. The summed E-state index contributed by atoms with van der Waals surface area (Å²) in [6.07, 6.45) is 0. The van der Waals surface area contributed by atoms with E-state index in [-0.39, 0.29) is 23.9 Å². The SMILES string of the molecule is COCc1cc(=O)c(O)c(-c2[nH]c(-c3ccc(O)cc3)nc2-c2ccccc2)o1. The van der Waals surface area contributed by atoms with Crippen LogP contribution in [0.2, 0.25) is 0 Å². The van der Waals surface area contributed by atoms with Crippen molar-refractivity contribution in [2.45, 2.75) is 6.61 Å². The molecule has 0 saturated carbocycles.